The highest BCUT2D eigenvalue weighted by molar-refractivity contribution is 9.10. The van der Waals surface area contributed by atoms with E-state index in [9.17, 15) is 4.79 Å². The van der Waals surface area contributed by atoms with E-state index in [0.717, 1.165) is 6.42 Å². The summed E-state index contributed by atoms with van der Waals surface area (Å²) in [5.41, 5.74) is 6.07. The van der Waals surface area contributed by atoms with Gasteiger partial charge < -0.3 is 15.5 Å². The predicted molar refractivity (Wildman–Crippen MR) is 50.3 cm³/mol. The fraction of sp³-hybridized carbons (Fsp3) is 0.375. The molecular formula is C8H9BrN2O2. The normalized spacial score (nSPS) is 25.7. The van der Waals surface area contributed by atoms with Crippen LogP contribution in [0.25, 0.3) is 0 Å². The summed E-state index contributed by atoms with van der Waals surface area (Å²) >= 11 is 3.13. The number of hydrogen-bond donors (Lipinski definition) is 2. The first-order valence-electron chi connectivity index (χ1n) is 3.98. The molecule has 4 nitrogen and oxygen atoms in total. The van der Waals surface area contributed by atoms with E-state index in [-0.39, 0.29) is 18.0 Å². The second kappa shape index (κ2) is 3.16. The summed E-state index contributed by atoms with van der Waals surface area (Å²) in [6, 6.07) is 1.87. The number of amides is 1. The lowest BCUT2D eigenvalue weighted by Gasteiger charge is -2.00. The molecule has 1 aromatic heterocycles. The molecule has 1 amide bonds. The van der Waals surface area contributed by atoms with Gasteiger partial charge in [-0.3, -0.25) is 4.79 Å². The average Bonchev–Trinajstić information content (AvgIpc) is 2.62. The molecule has 0 aliphatic heterocycles. The van der Waals surface area contributed by atoms with Crippen molar-refractivity contribution in [3.8, 4) is 0 Å². The molecule has 1 saturated carbocycles. The zero-order valence-corrected chi connectivity index (χ0v) is 8.37. The molecule has 2 atom stereocenters. The Hall–Kier alpha value is -0.810. The Bertz CT molecular complexity index is 337. The summed E-state index contributed by atoms with van der Waals surface area (Å²) in [6.07, 6.45) is 2.33. The fourth-order valence-electron chi connectivity index (χ4n) is 1.08. The SMILES string of the molecule is NC1CC1NC(=O)c1ccoc1Br. The van der Waals surface area contributed by atoms with Gasteiger partial charge in [-0.05, 0) is 28.4 Å². The lowest BCUT2D eigenvalue weighted by molar-refractivity contribution is 0.0948. The first-order chi connectivity index (χ1) is 6.18. The molecule has 0 bridgehead atoms. The molecule has 0 aromatic carbocycles. The Morgan fingerprint density at radius 3 is 2.92 bits per heavy atom. The minimum Gasteiger partial charge on any atom is -0.457 e. The number of furan rings is 1. The second-order valence-corrected chi connectivity index (χ2v) is 3.81. The van der Waals surface area contributed by atoms with Crippen LogP contribution in [0.4, 0.5) is 0 Å². The van der Waals surface area contributed by atoms with E-state index < -0.39 is 0 Å². The first-order valence-corrected chi connectivity index (χ1v) is 4.77. The predicted octanol–water partition coefficient (Wildman–Crippen LogP) is 0.871. The van der Waals surface area contributed by atoms with Crippen LogP contribution in [0.5, 0.6) is 0 Å². The largest absolute Gasteiger partial charge is 0.457 e. The van der Waals surface area contributed by atoms with Crippen molar-refractivity contribution in [3.63, 3.8) is 0 Å². The van der Waals surface area contributed by atoms with Crippen molar-refractivity contribution >= 4 is 21.8 Å². The highest BCUT2D eigenvalue weighted by atomic mass is 79.9. The van der Waals surface area contributed by atoms with E-state index in [1.807, 2.05) is 0 Å². The van der Waals surface area contributed by atoms with Crippen molar-refractivity contribution in [2.24, 2.45) is 5.73 Å². The average molecular weight is 245 g/mol. The molecule has 2 rings (SSSR count). The number of nitrogens with two attached hydrogens (primary N) is 1. The van der Waals surface area contributed by atoms with E-state index in [4.69, 9.17) is 10.2 Å². The lowest BCUT2D eigenvalue weighted by Crippen LogP contribution is -2.29. The van der Waals surface area contributed by atoms with Crippen molar-refractivity contribution < 1.29 is 9.21 Å². The van der Waals surface area contributed by atoms with Crippen LogP contribution in [0.2, 0.25) is 0 Å². The summed E-state index contributed by atoms with van der Waals surface area (Å²) in [6.45, 7) is 0. The minimum atomic E-state index is -0.140. The zero-order valence-electron chi connectivity index (χ0n) is 6.79. The Morgan fingerprint density at radius 2 is 2.46 bits per heavy atom. The summed E-state index contributed by atoms with van der Waals surface area (Å²) in [5.74, 6) is -0.140. The van der Waals surface area contributed by atoms with Crippen LogP contribution in [-0.2, 0) is 0 Å². The molecule has 70 valence electrons. The van der Waals surface area contributed by atoms with Crippen LogP contribution in [-0.4, -0.2) is 18.0 Å². The molecule has 0 spiro atoms. The molecule has 2 unspecified atom stereocenters. The molecule has 1 heterocycles. The molecule has 1 fully saturated rings. The van der Waals surface area contributed by atoms with E-state index in [1.54, 1.807) is 6.07 Å². The van der Waals surface area contributed by atoms with E-state index >= 15 is 0 Å². The molecule has 1 aliphatic carbocycles. The molecule has 13 heavy (non-hydrogen) atoms. The van der Waals surface area contributed by atoms with Gasteiger partial charge in [-0.15, -0.1) is 0 Å². The maximum atomic E-state index is 11.5. The third-order valence-corrected chi connectivity index (χ3v) is 2.63. The van der Waals surface area contributed by atoms with Crippen LogP contribution in [0.15, 0.2) is 21.4 Å². The highest BCUT2D eigenvalue weighted by Gasteiger charge is 2.35. The van der Waals surface area contributed by atoms with E-state index in [0.29, 0.717) is 10.2 Å². The summed E-state index contributed by atoms with van der Waals surface area (Å²) in [7, 11) is 0. The smallest absolute Gasteiger partial charge is 0.256 e. The van der Waals surface area contributed by atoms with Crippen LogP contribution in [0.3, 0.4) is 0 Å². The number of hydrogen-bond acceptors (Lipinski definition) is 3. The topological polar surface area (TPSA) is 68.3 Å². The van der Waals surface area contributed by atoms with Gasteiger partial charge in [-0.2, -0.15) is 0 Å². The molecule has 0 saturated heterocycles. The highest BCUT2D eigenvalue weighted by Crippen LogP contribution is 2.21. The van der Waals surface area contributed by atoms with Gasteiger partial charge in [0.25, 0.3) is 5.91 Å². The van der Waals surface area contributed by atoms with Crippen molar-refractivity contribution in [1.29, 1.82) is 0 Å². The van der Waals surface area contributed by atoms with Gasteiger partial charge in [-0.25, -0.2) is 0 Å². The molecular weight excluding hydrogens is 236 g/mol. The summed E-state index contributed by atoms with van der Waals surface area (Å²) in [5, 5.41) is 2.79. The molecule has 5 heteroatoms. The molecule has 3 N–H and O–H groups in total. The number of carbonyl (C=O) groups is 1. The Kier molecular flexibility index (Phi) is 2.13. The third-order valence-electron chi connectivity index (χ3n) is 2.02. The standard InChI is InChI=1S/C8H9BrN2O2/c9-7-4(1-2-13-7)8(12)11-6-3-5(6)10/h1-2,5-6H,3,10H2,(H,11,12). The maximum Gasteiger partial charge on any atom is 0.256 e. The van der Waals surface area contributed by atoms with Gasteiger partial charge in [0.05, 0.1) is 11.8 Å². The Morgan fingerprint density at radius 1 is 1.77 bits per heavy atom. The van der Waals surface area contributed by atoms with E-state index in [1.165, 1.54) is 6.26 Å². The van der Waals surface area contributed by atoms with Crippen LogP contribution in [0.1, 0.15) is 16.8 Å². The Balaban J connectivity index is 2.01. The number of halogens is 1. The quantitative estimate of drug-likeness (QED) is 0.812. The van der Waals surface area contributed by atoms with Gasteiger partial charge in [0, 0.05) is 12.1 Å². The monoisotopic (exact) mass is 244 g/mol. The number of rotatable bonds is 2. The van der Waals surface area contributed by atoms with Gasteiger partial charge in [0.2, 0.25) is 0 Å². The summed E-state index contributed by atoms with van der Waals surface area (Å²) < 4.78 is 5.40. The van der Waals surface area contributed by atoms with Gasteiger partial charge in [0.15, 0.2) is 4.67 Å². The lowest BCUT2D eigenvalue weighted by atomic mass is 10.3. The second-order valence-electron chi connectivity index (χ2n) is 3.09. The fourth-order valence-corrected chi connectivity index (χ4v) is 1.50. The van der Waals surface area contributed by atoms with Crippen molar-refractivity contribution in [2.45, 2.75) is 18.5 Å². The number of carbonyl (C=O) groups excluding carboxylic acids is 1. The van der Waals surface area contributed by atoms with Crippen molar-refractivity contribution in [2.75, 3.05) is 0 Å². The molecule has 1 aliphatic rings. The van der Waals surface area contributed by atoms with Gasteiger partial charge in [0.1, 0.15) is 0 Å². The molecule has 1 aromatic rings. The number of nitrogens with one attached hydrogen (secondary N) is 1. The van der Waals surface area contributed by atoms with Gasteiger partial charge in [-0.1, -0.05) is 0 Å². The van der Waals surface area contributed by atoms with Crippen LogP contribution >= 0.6 is 15.9 Å². The molecule has 0 radical (unpaired) electrons. The van der Waals surface area contributed by atoms with Gasteiger partial charge >= 0.3 is 0 Å². The Labute approximate surface area is 83.6 Å². The van der Waals surface area contributed by atoms with Crippen molar-refractivity contribution in [3.05, 3.63) is 22.6 Å². The minimum absolute atomic E-state index is 0.120. The van der Waals surface area contributed by atoms with Crippen LogP contribution in [0, 0.1) is 0 Å². The third kappa shape index (κ3) is 1.76. The first kappa shape index (κ1) is 8.77. The zero-order chi connectivity index (χ0) is 9.42. The van der Waals surface area contributed by atoms with E-state index in [2.05, 4.69) is 21.2 Å². The van der Waals surface area contributed by atoms with Crippen LogP contribution < -0.4 is 11.1 Å². The maximum absolute atomic E-state index is 11.5. The summed E-state index contributed by atoms with van der Waals surface area (Å²) in [4.78, 5) is 11.5. The van der Waals surface area contributed by atoms with Crippen molar-refractivity contribution in [1.82, 2.24) is 5.32 Å².